The van der Waals surface area contributed by atoms with Gasteiger partial charge in [0.2, 0.25) is 0 Å². The summed E-state index contributed by atoms with van der Waals surface area (Å²) in [6.07, 6.45) is 8.73. The van der Waals surface area contributed by atoms with E-state index >= 15 is 0 Å². The molecule has 0 aliphatic heterocycles. The topological polar surface area (TPSA) is 18.1 Å². The lowest BCUT2D eigenvalue weighted by Gasteiger charge is -2.17. The third-order valence-electron chi connectivity index (χ3n) is 10.6. The van der Waals surface area contributed by atoms with Crippen molar-refractivity contribution in [1.29, 1.82) is 0 Å². The minimum atomic E-state index is 0.551. The molecule has 0 spiro atoms. The van der Waals surface area contributed by atoms with Crippen LogP contribution in [0.15, 0.2) is 162 Å². The summed E-state index contributed by atoms with van der Waals surface area (Å²) in [5.74, 6) is 0.551. The predicted molar refractivity (Wildman–Crippen MR) is 287 cm³/mol. The van der Waals surface area contributed by atoms with E-state index in [1.54, 1.807) is 0 Å². The van der Waals surface area contributed by atoms with Crippen LogP contribution in [0.2, 0.25) is 0 Å². The van der Waals surface area contributed by atoms with Gasteiger partial charge in [-0.3, -0.25) is 0 Å². The Morgan fingerprint density at radius 1 is 0.587 bits per heavy atom. The Morgan fingerprint density at radius 2 is 1.13 bits per heavy atom. The van der Waals surface area contributed by atoms with Crippen molar-refractivity contribution in [2.75, 3.05) is 0 Å². The van der Waals surface area contributed by atoms with Gasteiger partial charge in [0.15, 0.2) is 0 Å². The normalized spacial score (nSPS) is 11.2. The number of rotatable bonds is 8. The van der Waals surface area contributed by atoms with Crippen LogP contribution in [0.25, 0.3) is 66.1 Å². The van der Waals surface area contributed by atoms with Gasteiger partial charge in [0.1, 0.15) is 11.2 Å². The molecule has 63 heavy (non-hydrogen) atoms. The summed E-state index contributed by atoms with van der Waals surface area (Å²) in [5, 5.41) is 4.95. The summed E-state index contributed by atoms with van der Waals surface area (Å²) in [7, 11) is 0. The molecule has 2 aromatic heterocycles. The number of benzene rings is 6. The van der Waals surface area contributed by atoms with E-state index in [4.69, 9.17) is 4.42 Å². The number of aryl methyl sites for hydroxylation is 3. The summed E-state index contributed by atoms with van der Waals surface area (Å²) < 4.78 is 8.70. The van der Waals surface area contributed by atoms with E-state index in [1.165, 1.54) is 77.1 Å². The first-order valence-electron chi connectivity index (χ1n) is 23.9. The van der Waals surface area contributed by atoms with Gasteiger partial charge in [-0.25, -0.2) is 0 Å². The van der Waals surface area contributed by atoms with Crippen molar-refractivity contribution in [3.05, 3.63) is 180 Å². The van der Waals surface area contributed by atoms with E-state index in [-0.39, 0.29) is 0 Å². The Hall–Kier alpha value is -5.86. The Labute approximate surface area is 383 Å². The maximum atomic E-state index is 6.34. The van der Waals surface area contributed by atoms with E-state index in [0.717, 1.165) is 29.7 Å². The van der Waals surface area contributed by atoms with Gasteiger partial charge >= 0.3 is 0 Å². The van der Waals surface area contributed by atoms with Gasteiger partial charge in [0, 0.05) is 27.2 Å². The number of hydrogen-bond donors (Lipinski definition) is 0. The fourth-order valence-electron chi connectivity index (χ4n) is 7.71. The highest BCUT2D eigenvalue weighted by molar-refractivity contribution is 6.10. The molecule has 0 amide bonds. The van der Waals surface area contributed by atoms with Crippen LogP contribution >= 0.6 is 0 Å². The van der Waals surface area contributed by atoms with Gasteiger partial charge in [-0.1, -0.05) is 212 Å². The van der Waals surface area contributed by atoms with Crippen molar-refractivity contribution < 1.29 is 4.42 Å². The number of aromatic nitrogens is 1. The monoisotopic (exact) mass is 842 g/mol. The lowest BCUT2D eigenvalue weighted by Crippen LogP contribution is -2.00. The van der Waals surface area contributed by atoms with Crippen LogP contribution < -0.4 is 0 Å². The van der Waals surface area contributed by atoms with Crippen LogP contribution in [-0.2, 0) is 0 Å². The summed E-state index contributed by atoms with van der Waals surface area (Å²) in [4.78, 5) is 0. The van der Waals surface area contributed by atoms with Crippen LogP contribution in [0.5, 0.6) is 0 Å². The molecule has 0 saturated carbocycles. The molecule has 2 heteroatoms. The van der Waals surface area contributed by atoms with Gasteiger partial charge in [0.25, 0.3) is 0 Å². The third kappa shape index (κ3) is 12.4. The molecule has 1 atom stereocenters. The zero-order chi connectivity index (χ0) is 47.1. The second-order valence-corrected chi connectivity index (χ2v) is 14.1. The fourth-order valence-corrected chi connectivity index (χ4v) is 7.71. The average molecular weight is 842 g/mol. The molecule has 334 valence electrons. The second-order valence-electron chi connectivity index (χ2n) is 14.1. The van der Waals surface area contributed by atoms with Crippen molar-refractivity contribution >= 4 is 49.3 Å². The molecule has 0 radical (unpaired) electrons. The molecule has 2 nitrogen and oxygen atoms in total. The zero-order valence-corrected chi connectivity index (χ0v) is 41.9. The minimum absolute atomic E-state index is 0.551. The Balaban J connectivity index is 0.000000404. The summed E-state index contributed by atoms with van der Waals surface area (Å²) >= 11 is 0. The standard InChI is InChI=1S/C32H23NO.C19H26.5C2H6/c1-20-9-7-14-27-31-21(2)17-23(19-30(31)34-32(20)27)22-10-8-11-24(18-22)33-28-15-5-3-12-25(28)26-13-4-6-16-29(26)33;1-6-9-13-18(15(4)7-2)17(8-3)19-14-11-10-12-16(19)5;5*1-2/h3-19H,1-2H3;8-15H,3,6-7H2,1-2,4-5H3;5*1-2H3/b;13-9-,18-17-;;;;;. The molecule has 0 bridgehead atoms. The van der Waals surface area contributed by atoms with Gasteiger partial charge in [-0.2, -0.15) is 0 Å². The molecule has 0 fully saturated rings. The third-order valence-corrected chi connectivity index (χ3v) is 10.6. The first-order chi connectivity index (χ1) is 30.8. The van der Waals surface area contributed by atoms with E-state index in [2.05, 4.69) is 192 Å². The summed E-state index contributed by atoms with van der Waals surface area (Å²) in [5.41, 5.74) is 15.6. The Morgan fingerprint density at radius 3 is 1.70 bits per heavy atom. The van der Waals surface area contributed by atoms with Crippen molar-refractivity contribution in [2.24, 2.45) is 5.92 Å². The first-order valence-corrected chi connectivity index (χ1v) is 23.9. The van der Waals surface area contributed by atoms with Crippen molar-refractivity contribution in [1.82, 2.24) is 4.57 Å². The molecule has 0 aliphatic rings. The molecule has 1 unspecified atom stereocenters. The quantitative estimate of drug-likeness (QED) is 0.139. The van der Waals surface area contributed by atoms with Gasteiger partial charge in [-0.15, -0.1) is 0 Å². The maximum absolute atomic E-state index is 6.34. The highest BCUT2D eigenvalue weighted by Crippen LogP contribution is 2.38. The summed E-state index contributed by atoms with van der Waals surface area (Å²) in [6.45, 7) is 37.2. The predicted octanol–water partition coefficient (Wildman–Crippen LogP) is 20.0. The highest BCUT2D eigenvalue weighted by atomic mass is 16.3. The lowest BCUT2D eigenvalue weighted by molar-refractivity contribution is 0.666. The molecule has 6 aromatic carbocycles. The molecule has 8 rings (SSSR count). The number of allylic oxidation sites excluding steroid dienone is 5. The van der Waals surface area contributed by atoms with E-state index < -0.39 is 0 Å². The SMILES string of the molecule is C=C/C(=C(\C=C/CC)C(C)CC)c1ccccc1C.CC.CC.CC.CC.CC.Cc1cccc2c1oc1cc(-c3cccc(-n4c5ccccc5c5ccccc54)c3)cc(C)c12. The number of fused-ring (bicyclic) bond motifs is 6. The minimum Gasteiger partial charge on any atom is -0.456 e. The lowest BCUT2D eigenvalue weighted by atomic mass is 9.88. The Bertz CT molecular complexity index is 2600. The van der Waals surface area contributed by atoms with Crippen LogP contribution in [0, 0.1) is 26.7 Å². The molecule has 0 saturated heterocycles. The van der Waals surface area contributed by atoms with Crippen LogP contribution in [0.1, 0.15) is 125 Å². The first kappa shape index (κ1) is 53.3. The highest BCUT2D eigenvalue weighted by Gasteiger charge is 2.16. The van der Waals surface area contributed by atoms with Crippen LogP contribution in [-0.4, -0.2) is 4.57 Å². The zero-order valence-electron chi connectivity index (χ0n) is 41.9. The van der Waals surface area contributed by atoms with Crippen LogP contribution in [0.3, 0.4) is 0 Å². The second kappa shape index (κ2) is 28.0. The fraction of sp³-hybridized carbons (Fsp3) is 0.311. The van der Waals surface area contributed by atoms with Crippen molar-refractivity contribution in [3.63, 3.8) is 0 Å². The molecule has 0 N–H and O–H groups in total. The maximum Gasteiger partial charge on any atom is 0.138 e. The smallest absolute Gasteiger partial charge is 0.138 e. The number of furan rings is 1. The van der Waals surface area contributed by atoms with Gasteiger partial charge < -0.3 is 8.98 Å². The number of para-hydroxylation sites is 3. The molecule has 0 aliphatic carbocycles. The van der Waals surface area contributed by atoms with Crippen LogP contribution in [0.4, 0.5) is 0 Å². The number of hydrogen-bond acceptors (Lipinski definition) is 1. The number of nitrogens with zero attached hydrogens (tertiary/aromatic N) is 1. The van der Waals surface area contributed by atoms with Gasteiger partial charge in [-0.05, 0) is 114 Å². The summed E-state index contributed by atoms with van der Waals surface area (Å²) in [6, 6.07) is 45.5. The van der Waals surface area contributed by atoms with Gasteiger partial charge in [0.05, 0.1) is 11.0 Å². The molecular formula is C61H79NO. The van der Waals surface area contributed by atoms with E-state index in [1.807, 2.05) is 75.3 Å². The Kier molecular flexibility index (Phi) is 23.6. The van der Waals surface area contributed by atoms with Crippen molar-refractivity contribution in [2.45, 2.75) is 124 Å². The molecule has 8 aromatic rings. The van der Waals surface area contributed by atoms with E-state index in [0.29, 0.717) is 5.92 Å². The van der Waals surface area contributed by atoms with E-state index in [9.17, 15) is 0 Å². The average Bonchev–Trinajstić information content (AvgIpc) is 3.91. The van der Waals surface area contributed by atoms with Crippen molar-refractivity contribution in [3.8, 4) is 16.8 Å². The largest absolute Gasteiger partial charge is 0.456 e. The molecular weight excluding hydrogens is 763 g/mol. The molecule has 2 heterocycles.